The topological polar surface area (TPSA) is 15.7 Å². The van der Waals surface area contributed by atoms with Gasteiger partial charge in [-0.25, -0.2) is 0 Å². The lowest BCUT2D eigenvalue weighted by Gasteiger charge is -2.45. The summed E-state index contributed by atoms with van der Waals surface area (Å²) in [5, 5.41) is 1.26. The molecule has 0 unspecified atom stereocenters. The van der Waals surface area contributed by atoms with Crippen LogP contribution >= 0.6 is 23.2 Å². The summed E-state index contributed by atoms with van der Waals surface area (Å²) >= 11 is 12.3. The molecule has 3 nitrogen and oxygen atoms in total. The molecule has 2 aliphatic heterocycles. The van der Waals surface area contributed by atoms with Crippen LogP contribution in [0.2, 0.25) is 10.0 Å². The van der Waals surface area contributed by atoms with Crippen molar-refractivity contribution >= 4 is 28.9 Å². The molecule has 1 spiro atoms. The Bertz CT molecular complexity index is 855. The van der Waals surface area contributed by atoms with Crippen LogP contribution in [-0.2, 0) is 16.9 Å². The van der Waals surface area contributed by atoms with Gasteiger partial charge in [-0.1, -0.05) is 47.5 Å². The third-order valence-corrected chi connectivity index (χ3v) is 7.61. The Morgan fingerprint density at radius 3 is 2.39 bits per heavy atom. The fourth-order valence-corrected chi connectivity index (χ4v) is 5.55. The first-order valence-corrected chi connectivity index (χ1v) is 11.1. The first kappa shape index (κ1) is 18.7. The Labute approximate surface area is 177 Å². The lowest BCUT2D eigenvalue weighted by atomic mass is 9.77. The van der Waals surface area contributed by atoms with Gasteiger partial charge in [-0.2, -0.15) is 0 Å². The molecule has 148 valence electrons. The van der Waals surface area contributed by atoms with Gasteiger partial charge in [0.1, 0.15) is 0 Å². The van der Waals surface area contributed by atoms with Crippen LogP contribution in [-0.4, -0.2) is 37.1 Å². The molecule has 3 aliphatic rings. The molecule has 0 N–H and O–H groups in total. The van der Waals surface area contributed by atoms with Crippen LogP contribution in [0.1, 0.15) is 36.8 Å². The average molecular weight is 417 g/mol. The van der Waals surface area contributed by atoms with E-state index in [2.05, 4.69) is 40.1 Å². The molecule has 0 aromatic heterocycles. The zero-order valence-corrected chi connectivity index (χ0v) is 17.6. The van der Waals surface area contributed by atoms with E-state index in [9.17, 15) is 0 Å². The van der Waals surface area contributed by atoms with E-state index in [1.807, 2.05) is 12.1 Å². The number of piperazine rings is 1. The van der Waals surface area contributed by atoms with E-state index in [1.165, 1.54) is 29.7 Å². The van der Waals surface area contributed by atoms with Gasteiger partial charge in [-0.05, 0) is 55.0 Å². The predicted octanol–water partition coefficient (Wildman–Crippen LogP) is 5.48. The van der Waals surface area contributed by atoms with Crippen LogP contribution in [0.5, 0.6) is 0 Å². The van der Waals surface area contributed by atoms with Gasteiger partial charge in [-0.15, -0.1) is 0 Å². The van der Waals surface area contributed by atoms with E-state index in [4.69, 9.17) is 27.9 Å². The van der Waals surface area contributed by atoms with E-state index < -0.39 is 0 Å². The molecule has 2 aromatic rings. The summed E-state index contributed by atoms with van der Waals surface area (Å²) in [6.45, 7) is 5.08. The summed E-state index contributed by atoms with van der Waals surface area (Å²) < 4.78 is 6.33. The number of anilines is 1. The van der Waals surface area contributed by atoms with Gasteiger partial charge in [0, 0.05) is 37.9 Å². The normalized spacial score (nSPS) is 27.9. The summed E-state index contributed by atoms with van der Waals surface area (Å²) in [4.78, 5) is 5.10. The van der Waals surface area contributed by atoms with E-state index in [1.54, 1.807) is 0 Å². The Balaban J connectivity index is 1.19. The monoisotopic (exact) mass is 416 g/mol. The number of halogens is 2. The molecule has 0 atom stereocenters. The highest BCUT2D eigenvalue weighted by Crippen LogP contribution is 2.47. The summed E-state index contributed by atoms with van der Waals surface area (Å²) in [7, 11) is 0. The van der Waals surface area contributed by atoms with Crippen molar-refractivity contribution < 1.29 is 4.74 Å². The van der Waals surface area contributed by atoms with Gasteiger partial charge >= 0.3 is 0 Å². The maximum absolute atomic E-state index is 6.33. The van der Waals surface area contributed by atoms with Gasteiger partial charge in [-0.3, -0.25) is 4.90 Å². The zero-order valence-electron chi connectivity index (χ0n) is 16.0. The van der Waals surface area contributed by atoms with Gasteiger partial charge in [0.15, 0.2) is 0 Å². The maximum atomic E-state index is 6.33. The molecule has 0 amide bonds. The Kier molecular flexibility index (Phi) is 5.04. The summed E-state index contributed by atoms with van der Waals surface area (Å²) in [6.07, 6.45) is 4.73. The minimum Gasteiger partial charge on any atom is -0.369 e. The second-order valence-electron chi connectivity index (χ2n) is 8.29. The van der Waals surface area contributed by atoms with Crippen molar-refractivity contribution in [2.45, 2.75) is 43.9 Å². The Morgan fingerprint density at radius 1 is 0.893 bits per heavy atom. The molecule has 5 rings (SSSR count). The van der Waals surface area contributed by atoms with E-state index in [0.29, 0.717) is 16.1 Å². The highest BCUT2D eigenvalue weighted by Gasteiger charge is 2.43. The van der Waals surface area contributed by atoms with Crippen LogP contribution in [0.3, 0.4) is 0 Å². The molecule has 2 fully saturated rings. The van der Waals surface area contributed by atoms with Crippen molar-refractivity contribution in [2.24, 2.45) is 0 Å². The zero-order chi connectivity index (χ0) is 19.1. The van der Waals surface area contributed by atoms with Crippen molar-refractivity contribution in [3.05, 3.63) is 63.6 Å². The summed E-state index contributed by atoms with van der Waals surface area (Å²) in [5.74, 6) is 0. The number of fused-ring (bicyclic) bond motifs is 2. The third-order valence-electron chi connectivity index (χ3n) is 6.87. The molecule has 2 heterocycles. The van der Waals surface area contributed by atoms with Crippen molar-refractivity contribution in [2.75, 3.05) is 31.1 Å². The number of ether oxygens (including phenoxy) is 1. The molecule has 28 heavy (non-hydrogen) atoms. The summed E-state index contributed by atoms with van der Waals surface area (Å²) in [5.41, 5.74) is 3.98. The van der Waals surface area contributed by atoms with Crippen LogP contribution in [0.25, 0.3) is 0 Å². The number of rotatable bonds is 2. The predicted molar refractivity (Wildman–Crippen MR) is 115 cm³/mol. The average Bonchev–Trinajstić information content (AvgIpc) is 3.09. The molecule has 2 aromatic carbocycles. The number of hydrogen-bond donors (Lipinski definition) is 0. The fourth-order valence-electron chi connectivity index (χ4n) is 5.26. The van der Waals surface area contributed by atoms with E-state index in [-0.39, 0.29) is 5.60 Å². The van der Waals surface area contributed by atoms with Crippen LogP contribution in [0.4, 0.5) is 5.69 Å². The smallest absolute Gasteiger partial charge is 0.0940 e. The molecule has 5 heteroatoms. The van der Waals surface area contributed by atoms with E-state index in [0.717, 1.165) is 45.6 Å². The Morgan fingerprint density at radius 2 is 1.64 bits per heavy atom. The van der Waals surface area contributed by atoms with E-state index >= 15 is 0 Å². The molecule has 1 saturated carbocycles. The largest absolute Gasteiger partial charge is 0.369 e. The van der Waals surface area contributed by atoms with Crippen molar-refractivity contribution in [3.8, 4) is 0 Å². The third kappa shape index (κ3) is 3.33. The lowest BCUT2D eigenvalue weighted by molar-refractivity contribution is -0.0777. The van der Waals surface area contributed by atoms with Crippen LogP contribution < -0.4 is 4.90 Å². The Hall–Kier alpha value is -1.26. The summed E-state index contributed by atoms with van der Waals surface area (Å²) in [6, 6.07) is 15.4. The number of hydrogen-bond acceptors (Lipinski definition) is 3. The second-order valence-corrected chi connectivity index (χ2v) is 9.11. The van der Waals surface area contributed by atoms with Gasteiger partial charge in [0.05, 0.1) is 22.3 Å². The number of benzene rings is 2. The van der Waals surface area contributed by atoms with Crippen LogP contribution in [0, 0.1) is 0 Å². The van der Waals surface area contributed by atoms with Crippen LogP contribution in [0.15, 0.2) is 42.5 Å². The molecule has 1 saturated heterocycles. The highest BCUT2D eigenvalue weighted by molar-refractivity contribution is 6.42. The minimum absolute atomic E-state index is 0.0189. The molecular formula is C23H26Cl2N2O. The fraction of sp³-hybridized carbons (Fsp3) is 0.478. The first-order valence-electron chi connectivity index (χ1n) is 10.3. The molecular weight excluding hydrogens is 391 g/mol. The molecule has 0 bridgehead atoms. The van der Waals surface area contributed by atoms with Gasteiger partial charge in [0.25, 0.3) is 0 Å². The second kappa shape index (κ2) is 7.53. The lowest BCUT2D eigenvalue weighted by Crippen LogP contribution is -2.52. The standard InChI is InChI=1S/C23H26Cl2N2O/c24-21-6-5-19(15-22(21)25)27-13-11-26(12-14-27)18-7-9-23(10-8-18)20-4-2-1-3-17(20)16-28-23/h1-6,15,18H,7-14,16H2. The SMILES string of the molecule is Clc1ccc(N2CCN(C3CCC4(CC3)OCc3ccccc34)CC2)cc1Cl. The van der Waals surface area contributed by atoms with Crippen molar-refractivity contribution in [1.29, 1.82) is 0 Å². The van der Waals surface area contributed by atoms with Crippen molar-refractivity contribution in [3.63, 3.8) is 0 Å². The van der Waals surface area contributed by atoms with Gasteiger partial charge < -0.3 is 9.64 Å². The minimum atomic E-state index is -0.0189. The quantitative estimate of drug-likeness (QED) is 0.643. The maximum Gasteiger partial charge on any atom is 0.0940 e. The number of nitrogens with zero attached hydrogens (tertiary/aromatic N) is 2. The van der Waals surface area contributed by atoms with Crippen molar-refractivity contribution in [1.82, 2.24) is 4.90 Å². The first-order chi connectivity index (χ1) is 13.6. The highest BCUT2D eigenvalue weighted by atomic mass is 35.5. The van der Waals surface area contributed by atoms with Gasteiger partial charge in [0.2, 0.25) is 0 Å². The molecule has 1 aliphatic carbocycles. The molecule has 0 radical (unpaired) electrons.